The second-order valence-corrected chi connectivity index (χ2v) is 5.57. The van der Waals surface area contributed by atoms with Gasteiger partial charge in [-0.15, -0.1) is 0 Å². The Morgan fingerprint density at radius 1 is 1.26 bits per heavy atom. The molecule has 27 heavy (non-hydrogen) atoms. The molecule has 0 bridgehead atoms. The molecule has 2 aromatic heterocycles. The van der Waals surface area contributed by atoms with Gasteiger partial charge in [-0.3, -0.25) is 4.79 Å². The van der Waals surface area contributed by atoms with E-state index >= 15 is 0 Å². The summed E-state index contributed by atoms with van der Waals surface area (Å²) in [4.78, 5) is 16.1. The number of nitrogens with one attached hydrogen (secondary N) is 3. The zero-order chi connectivity index (χ0) is 19.6. The van der Waals surface area contributed by atoms with Crippen molar-refractivity contribution >= 4 is 34.6 Å². The van der Waals surface area contributed by atoms with Crippen molar-refractivity contribution in [2.75, 3.05) is 30.1 Å². The topological polar surface area (TPSA) is 92.6 Å². The third-order valence-corrected chi connectivity index (χ3v) is 3.80. The van der Waals surface area contributed by atoms with Gasteiger partial charge >= 0.3 is 0 Å². The molecule has 0 fully saturated rings. The SMILES string of the molecule is CCC(=O)Nc1cnn2c(NC)cc(Nc3cc(F)cc(F)c3OC)nc12. The Kier molecular flexibility index (Phi) is 5.06. The van der Waals surface area contributed by atoms with E-state index in [-0.39, 0.29) is 23.2 Å². The number of anilines is 4. The molecule has 3 N–H and O–H groups in total. The van der Waals surface area contributed by atoms with Crippen molar-refractivity contribution < 1.29 is 18.3 Å². The van der Waals surface area contributed by atoms with Gasteiger partial charge in [0.25, 0.3) is 0 Å². The summed E-state index contributed by atoms with van der Waals surface area (Å²) in [7, 11) is 2.97. The van der Waals surface area contributed by atoms with Crippen LogP contribution in [0.2, 0.25) is 0 Å². The van der Waals surface area contributed by atoms with E-state index in [2.05, 4.69) is 26.0 Å². The molecule has 0 spiro atoms. The maximum Gasteiger partial charge on any atom is 0.224 e. The van der Waals surface area contributed by atoms with E-state index in [1.54, 1.807) is 20.0 Å². The van der Waals surface area contributed by atoms with E-state index < -0.39 is 11.6 Å². The molecule has 3 aromatic rings. The highest BCUT2D eigenvalue weighted by Crippen LogP contribution is 2.32. The number of carbonyl (C=O) groups excluding carboxylic acids is 1. The molecule has 1 amide bonds. The molecule has 142 valence electrons. The molecular formula is C17H18F2N6O2. The highest BCUT2D eigenvalue weighted by atomic mass is 19.1. The van der Waals surface area contributed by atoms with Crippen LogP contribution in [0.3, 0.4) is 0 Å². The van der Waals surface area contributed by atoms with E-state index in [1.165, 1.54) is 17.8 Å². The minimum absolute atomic E-state index is 0.0764. The number of aromatic nitrogens is 3. The lowest BCUT2D eigenvalue weighted by Gasteiger charge is -2.13. The lowest BCUT2D eigenvalue weighted by atomic mass is 10.2. The van der Waals surface area contributed by atoms with Crippen LogP contribution in [-0.2, 0) is 4.79 Å². The number of rotatable bonds is 6. The van der Waals surface area contributed by atoms with Gasteiger partial charge < -0.3 is 20.7 Å². The van der Waals surface area contributed by atoms with Crippen molar-refractivity contribution in [1.29, 1.82) is 0 Å². The standard InChI is InChI=1S/C17H18F2N6O2/c1-4-15(26)23-12-8-21-25-14(20-2)7-13(24-17(12)25)22-11-6-9(18)5-10(19)16(11)27-3/h5-8,20H,4H2,1-3H3,(H,22,24)(H,23,26). The third-order valence-electron chi connectivity index (χ3n) is 3.80. The first-order valence-corrected chi connectivity index (χ1v) is 8.13. The van der Waals surface area contributed by atoms with E-state index in [0.29, 0.717) is 23.6 Å². The van der Waals surface area contributed by atoms with Crippen LogP contribution in [0.4, 0.5) is 31.8 Å². The van der Waals surface area contributed by atoms with Gasteiger partial charge in [-0.05, 0) is 0 Å². The summed E-state index contributed by atoms with van der Waals surface area (Å²) in [6.45, 7) is 1.73. The zero-order valence-corrected chi connectivity index (χ0v) is 14.9. The molecule has 1 aromatic carbocycles. The maximum atomic E-state index is 13.9. The number of methoxy groups -OCH3 is 1. The fraction of sp³-hybridized carbons (Fsp3) is 0.235. The molecule has 10 heteroatoms. The third kappa shape index (κ3) is 3.59. The molecule has 0 aliphatic rings. The molecule has 3 rings (SSSR count). The van der Waals surface area contributed by atoms with Gasteiger partial charge in [0.1, 0.15) is 23.1 Å². The lowest BCUT2D eigenvalue weighted by molar-refractivity contribution is -0.115. The Labute approximate surface area is 153 Å². The summed E-state index contributed by atoms with van der Waals surface area (Å²) >= 11 is 0. The van der Waals surface area contributed by atoms with E-state index in [0.717, 1.165) is 12.1 Å². The second-order valence-electron chi connectivity index (χ2n) is 5.57. The molecule has 0 aliphatic heterocycles. The Morgan fingerprint density at radius 2 is 2.04 bits per heavy atom. The zero-order valence-electron chi connectivity index (χ0n) is 14.9. The molecule has 0 saturated heterocycles. The van der Waals surface area contributed by atoms with Gasteiger partial charge in [-0.1, -0.05) is 6.92 Å². The Hall–Kier alpha value is -3.43. The molecule has 0 unspecified atom stereocenters. The normalized spacial score (nSPS) is 10.7. The van der Waals surface area contributed by atoms with Crippen LogP contribution in [0.25, 0.3) is 5.65 Å². The number of hydrogen-bond acceptors (Lipinski definition) is 6. The van der Waals surface area contributed by atoms with Crippen molar-refractivity contribution in [3.8, 4) is 5.75 Å². The van der Waals surface area contributed by atoms with Crippen molar-refractivity contribution in [2.45, 2.75) is 13.3 Å². The minimum Gasteiger partial charge on any atom is -0.492 e. The first-order chi connectivity index (χ1) is 13.0. The summed E-state index contributed by atoms with van der Waals surface area (Å²) in [6.07, 6.45) is 1.77. The molecule has 8 nitrogen and oxygen atoms in total. The first-order valence-electron chi connectivity index (χ1n) is 8.13. The Bertz CT molecular complexity index is 1000. The van der Waals surface area contributed by atoms with E-state index in [4.69, 9.17) is 4.74 Å². The largest absolute Gasteiger partial charge is 0.492 e. The average Bonchev–Trinajstić information content (AvgIpc) is 3.03. The molecule has 0 aliphatic carbocycles. The van der Waals surface area contributed by atoms with Crippen molar-refractivity contribution in [2.24, 2.45) is 0 Å². The average molecular weight is 376 g/mol. The fourth-order valence-electron chi connectivity index (χ4n) is 2.53. The van der Waals surface area contributed by atoms with E-state index in [1.807, 2.05) is 0 Å². The van der Waals surface area contributed by atoms with Gasteiger partial charge in [-0.25, -0.2) is 13.8 Å². The summed E-state index contributed by atoms with van der Waals surface area (Å²) < 4.78 is 34.0. The van der Waals surface area contributed by atoms with Crippen molar-refractivity contribution in [3.05, 3.63) is 36.0 Å². The van der Waals surface area contributed by atoms with Gasteiger partial charge in [0, 0.05) is 31.7 Å². The summed E-state index contributed by atoms with van der Waals surface area (Å²) in [5.74, 6) is -1.10. The molecule has 0 atom stereocenters. The number of benzene rings is 1. The second kappa shape index (κ2) is 7.44. The van der Waals surface area contributed by atoms with Crippen LogP contribution >= 0.6 is 0 Å². The fourth-order valence-corrected chi connectivity index (χ4v) is 2.53. The van der Waals surface area contributed by atoms with Crippen LogP contribution in [0.5, 0.6) is 5.75 Å². The van der Waals surface area contributed by atoms with Crippen LogP contribution in [0, 0.1) is 11.6 Å². The summed E-state index contributed by atoms with van der Waals surface area (Å²) in [5.41, 5.74) is 0.856. The van der Waals surface area contributed by atoms with Crippen molar-refractivity contribution in [3.63, 3.8) is 0 Å². The molecule has 0 radical (unpaired) electrons. The minimum atomic E-state index is -0.838. The quantitative estimate of drug-likeness (QED) is 0.612. The number of amides is 1. The number of ether oxygens (including phenoxy) is 1. The maximum absolute atomic E-state index is 13.9. The summed E-state index contributed by atoms with van der Waals surface area (Å²) in [6, 6.07) is 3.44. The Morgan fingerprint density at radius 3 is 2.70 bits per heavy atom. The van der Waals surface area contributed by atoms with Gasteiger partial charge in [-0.2, -0.15) is 9.61 Å². The van der Waals surface area contributed by atoms with E-state index in [9.17, 15) is 13.6 Å². The number of nitrogens with zero attached hydrogens (tertiary/aromatic N) is 3. The van der Waals surface area contributed by atoms with Crippen LogP contribution in [0.1, 0.15) is 13.3 Å². The molecule has 0 saturated carbocycles. The number of carbonyl (C=O) groups is 1. The molecule has 2 heterocycles. The number of fused-ring (bicyclic) bond motifs is 1. The predicted molar refractivity (Wildman–Crippen MR) is 97.6 cm³/mol. The van der Waals surface area contributed by atoms with Crippen LogP contribution in [0.15, 0.2) is 24.4 Å². The van der Waals surface area contributed by atoms with Crippen LogP contribution in [-0.4, -0.2) is 34.7 Å². The highest BCUT2D eigenvalue weighted by molar-refractivity contribution is 5.94. The van der Waals surface area contributed by atoms with Gasteiger partial charge in [0.2, 0.25) is 5.91 Å². The van der Waals surface area contributed by atoms with Gasteiger partial charge in [0.15, 0.2) is 17.2 Å². The predicted octanol–water partition coefficient (Wildman–Crippen LogP) is 3.15. The number of halogens is 2. The van der Waals surface area contributed by atoms with Crippen LogP contribution < -0.4 is 20.7 Å². The van der Waals surface area contributed by atoms with Gasteiger partial charge in [0.05, 0.1) is 19.0 Å². The number of hydrogen-bond donors (Lipinski definition) is 3. The smallest absolute Gasteiger partial charge is 0.224 e. The Balaban J connectivity index is 2.07. The monoisotopic (exact) mass is 376 g/mol. The first kappa shape index (κ1) is 18.4. The van der Waals surface area contributed by atoms with Crippen molar-refractivity contribution in [1.82, 2.24) is 14.6 Å². The summed E-state index contributed by atoms with van der Waals surface area (Å²) in [5, 5.41) is 12.7. The molecular weight excluding hydrogens is 358 g/mol. The lowest BCUT2D eigenvalue weighted by Crippen LogP contribution is -2.10. The highest BCUT2D eigenvalue weighted by Gasteiger charge is 2.16.